The number of benzene rings is 1. The first kappa shape index (κ1) is 12.0. The van der Waals surface area contributed by atoms with Crippen LogP contribution in [0.4, 0.5) is 0 Å². The van der Waals surface area contributed by atoms with Crippen LogP contribution in [0.15, 0.2) is 30.3 Å². The van der Waals surface area contributed by atoms with Crippen molar-refractivity contribution in [3.8, 4) is 0 Å². The highest BCUT2D eigenvalue weighted by atomic mass is 16.6. The fraction of sp³-hybridized carbons (Fsp3) is 0.500. The highest BCUT2D eigenvalue weighted by molar-refractivity contribution is 5.24. The molecule has 1 aromatic carbocycles. The summed E-state index contributed by atoms with van der Waals surface area (Å²) in [7, 11) is 0. The zero-order valence-corrected chi connectivity index (χ0v) is 9.27. The van der Waals surface area contributed by atoms with E-state index >= 15 is 0 Å². The van der Waals surface area contributed by atoms with Gasteiger partial charge in [0, 0.05) is 11.5 Å². The molecule has 5 heteroatoms. The topological polar surface area (TPSA) is 83.6 Å². The monoisotopic (exact) mass is 237 g/mol. The number of rotatable bonds is 3. The Morgan fingerprint density at radius 1 is 1.35 bits per heavy atom. The molecule has 2 unspecified atom stereocenters. The summed E-state index contributed by atoms with van der Waals surface area (Å²) in [5.41, 5.74) is 0.810. The first-order valence-electron chi connectivity index (χ1n) is 5.62. The third-order valence-corrected chi connectivity index (χ3v) is 3.48. The van der Waals surface area contributed by atoms with Crippen LogP contribution in [0.1, 0.15) is 17.9 Å². The molecule has 1 fully saturated rings. The molecular formula is C12H15NO4. The van der Waals surface area contributed by atoms with Crippen molar-refractivity contribution >= 4 is 0 Å². The van der Waals surface area contributed by atoms with Crippen molar-refractivity contribution in [2.75, 3.05) is 6.61 Å². The number of nitro groups is 1. The Bertz CT molecular complexity index is 395. The second kappa shape index (κ2) is 4.81. The maximum Gasteiger partial charge on any atom is 0.245 e. The van der Waals surface area contributed by atoms with Crippen LogP contribution in [-0.2, 0) is 0 Å². The minimum absolute atomic E-state index is 0.138. The lowest BCUT2D eigenvalue weighted by Gasteiger charge is -2.19. The van der Waals surface area contributed by atoms with Crippen molar-refractivity contribution in [3.05, 3.63) is 46.0 Å². The van der Waals surface area contributed by atoms with E-state index < -0.39 is 23.0 Å². The van der Waals surface area contributed by atoms with Crippen LogP contribution < -0.4 is 0 Å². The molecule has 0 spiro atoms. The molecule has 0 aliphatic heterocycles. The van der Waals surface area contributed by atoms with Gasteiger partial charge in [0.25, 0.3) is 0 Å². The van der Waals surface area contributed by atoms with Gasteiger partial charge >= 0.3 is 0 Å². The average molecular weight is 237 g/mol. The summed E-state index contributed by atoms with van der Waals surface area (Å²) in [5, 5.41) is 30.0. The van der Waals surface area contributed by atoms with Gasteiger partial charge in [-0.05, 0) is 17.9 Å². The largest absolute Gasteiger partial charge is 0.396 e. The molecule has 4 atom stereocenters. The molecule has 2 N–H and O–H groups in total. The predicted molar refractivity (Wildman–Crippen MR) is 61.2 cm³/mol. The van der Waals surface area contributed by atoms with Crippen LogP contribution in [0.5, 0.6) is 0 Å². The molecular weight excluding hydrogens is 222 g/mol. The summed E-state index contributed by atoms with van der Waals surface area (Å²) in [6.45, 7) is -0.138. The molecule has 0 saturated heterocycles. The van der Waals surface area contributed by atoms with Gasteiger partial charge in [-0.25, -0.2) is 0 Å². The van der Waals surface area contributed by atoms with Crippen molar-refractivity contribution in [2.45, 2.75) is 24.5 Å². The van der Waals surface area contributed by atoms with Crippen LogP contribution in [0.3, 0.4) is 0 Å². The molecule has 0 aromatic heterocycles. The molecule has 0 amide bonds. The second-order valence-corrected chi connectivity index (χ2v) is 4.46. The summed E-state index contributed by atoms with van der Waals surface area (Å²) in [4.78, 5) is 10.6. The minimum atomic E-state index is -1.02. The molecule has 1 aromatic rings. The van der Waals surface area contributed by atoms with Gasteiger partial charge in [-0.2, -0.15) is 0 Å². The Balaban J connectivity index is 2.36. The number of hydrogen-bond acceptors (Lipinski definition) is 4. The fourth-order valence-electron chi connectivity index (χ4n) is 2.72. The van der Waals surface area contributed by atoms with E-state index in [9.17, 15) is 20.3 Å². The van der Waals surface area contributed by atoms with Gasteiger partial charge < -0.3 is 10.2 Å². The molecule has 0 bridgehead atoms. The number of aliphatic hydroxyl groups excluding tert-OH is 2. The SMILES string of the molecule is O=[N+]([O-])C1C(O)C[C@H](CO)[C@@H]1c1ccccc1. The lowest BCUT2D eigenvalue weighted by atomic mass is 9.87. The van der Waals surface area contributed by atoms with E-state index in [0.29, 0.717) is 0 Å². The Kier molecular flexibility index (Phi) is 3.40. The van der Waals surface area contributed by atoms with Crippen LogP contribution >= 0.6 is 0 Å². The minimum Gasteiger partial charge on any atom is -0.396 e. The van der Waals surface area contributed by atoms with Crippen LogP contribution in [-0.4, -0.2) is 33.9 Å². The summed E-state index contributed by atoms with van der Waals surface area (Å²) < 4.78 is 0. The summed E-state index contributed by atoms with van der Waals surface area (Å²) in [6.07, 6.45) is -0.700. The summed E-state index contributed by atoms with van der Waals surface area (Å²) >= 11 is 0. The van der Waals surface area contributed by atoms with Gasteiger partial charge in [0.1, 0.15) is 6.10 Å². The van der Waals surface area contributed by atoms with E-state index in [2.05, 4.69) is 0 Å². The van der Waals surface area contributed by atoms with E-state index in [4.69, 9.17) is 0 Å². The maximum atomic E-state index is 11.0. The van der Waals surface area contributed by atoms with Crippen molar-refractivity contribution < 1.29 is 15.1 Å². The molecule has 1 saturated carbocycles. The van der Waals surface area contributed by atoms with Gasteiger partial charge in [0.2, 0.25) is 6.04 Å². The molecule has 17 heavy (non-hydrogen) atoms. The summed E-state index contributed by atoms with van der Waals surface area (Å²) in [6, 6.07) is 8.06. The van der Waals surface area contributed by atoms with Crippen molar-refractivity contribution in [3.63, 3.8) is 0 Å². The van der Waals surface area contributed by atoms with Crippen molar-refractivity contribution in [1.29, 1.82) is 0 Å². The van der Waals surface area contributed by atoms with Crippen molar-refractivity contribution in [2.24, 2.45) is 5.92 Å². The Morgan fingerprint density at radius 3 is 2.53 bits per heavy atom. The molecule has 2 rings (SSSR count). The zero-order valence-electron chi connectivity index (χ0n) is 9.27. The Labute approximate surface area is 98.9 Å². The number of nitrogens with zero attached hydrogens (tertiary/aromatic N) is 1. The molecule has 1 aliphatic carbocycles. The van der Waals surface area contributed by atoms with Gasteiger partial charge in [-0.1, -0.05) is 30.3 Å². The third-order valence-electron chi connectivity index (χ3n) is 3.48. The third kappa shape index (κ3) is 2.16. The smallest absolute Gasteiger partial charge is 0.245 e. The van der Waals surface area contributed by atoms with E-state index in [1.807, 2.05) is 30.3 Å². The standard InChI is InChI=1S/C12H15NO4/c14-7-9-6-10(15)12(13(16)17)11(9)8-4-2-1-3-5-8/h1-5,9-12,14-15H,6-7H2/t9-,10?,11+,12?/m1/s1. The van der Waals surface area contributed by atoms with Gasteiger partial charge in [0.05, 0.1) is 5.92 Å². The Hall–Kier alpha value is -1.46. The predicted octanol–water partition coefficient (Wildman–Crippen LogP) is 0.789. The zero-order chi connectivity index (χ0) is 12.4. The van der Waals surface area contributed by atoms with Gasteiger partial charge in [0.15, 0.2) is 0 Å². The first-order chi connectivity index (χ1) is 8.15. The van der Waals surface area contributed by atoms with E-state index in [1.54, 1.807) is 0 Å². The summed E-state index contributed by atoms with van der Waals surface area (Å²) in [5.74, 6) is -0.658. The molecule has 1 aliphatic rings. The molecule has 0 radical (unpaired) electrons. The molecule has 92 valence electrons. The molecule has 0 heterocycles. The quantitative estimate of drug-likeness (QED) is 0.601. The van der Waals surface area contributed by atoms with E-state index in [0.717, 1.165) is 5.56 Å². The van der Waals surface area contributed by atoms with Crippen LogP contribution in [0.25, 0.3) is 0 Å². The Morgan fingerprint density at radius 2 is 2.00 bits per heavy atom. The van der Waals surface area contributed by atoms with Gasteiger partial charge in [-0.15, -0.1) is 0 Å². The van der Waals surface area contributed by atoms with Crippen LogP contribution in [0, 0.1) is 16.0 Å². The lowest BCUT2D eigenvalue weighted by molar-refractivity contribution is -0.534. The maximum absolute atomic E-state index is 11.0. The van der Waals surface area contributed by atoms with Crippen molar-refractivity contribution in [1.82, 2.24) is 0 Å². The number of hydrogen-bond donors (Lipinski definition) is 2. The molecule has 5 nitrogen and oxygen atoms in total. The second-order valence-electron chi connectivity index (χ2n) is 4.46. The van der Waals surface area contributed by atoms with Crippen LogP contribution in [0.2, 0.25) is 0 Å². The highest BCUT2D eigenvalue weighted by Gasteiger charge is 2.50. The normalized spacial score (nSPS) is 32.6. The van der Waals surface area contributed by atoms with E-state index in [-0.39, 0.29) is 18.9 Å². The van der Waals surface area contributed by atoms with Gasteiger partial charge in [-0.3, -0.25) is 10.1 Å². The lowest BCUT2D eigenvalue weighted by Crippen LogP contribution is -2.33. The first-order valence-corrected chi connectivity index (χ1v) is 5.62. The average Bonchev–Trinajstić information content (AvgIpc) is 2.67. The van der Waals surface area contributed by atoms with E-state index in [1.165, 1.54) is 0 Å². The number of aliphatic hydroxyl groups is 2. The fourth-order valence-corrected chi connectivity index (χ4v) is 2.72. The highest BCUT2D eigenvalue weighted by Crippen LogP contribution is 2.41.